The van der Waals surface area contributed by atoms with E-state index >= 15 is 0 Å². The highest BCUT2D eigenvalue weighted by atomic mass is 19.4. The van der Waals surface area contributed by atoms with Crippen LogP contribution in [0, 0.1) is 23.3 Å². The van der Waals surface area contributed by atoms with Crippen molar-refractivity contribution in [2.45, 2.75) is 32.1 Å². The summed E-state index contributed by atoms with van der Waals surface area (Å²) in [4.78, 5) is 0. The Morgan fingerprint density at radius 3 is 1.91 bits per heavy atom. The molecule has 0 aliphatic carbocycles. The number of ether oxygens (including phenoxy) is 2. The van der Waals surface area contributed by atoms with Gasteiger partial charge in [0.05, 0.1) is 0 Å². The molecule has 3 aromatic rings. The first-order valence-corrected chi connectivity index (χ1v) is 10.2. The average Bonchev–Trinajstić information content (AvgIpc) is 2.74. The standard InChI is InChI=1S/C24H17F9O2/c1-2-3-13-4-6-14(7-5-13)16-8-9-19(22(28)21(16)27)34-12-23(29,30)35-15-10-17(25)20(18(26)11-15)24(31,32)33/h4-11H,2-3,12H2,1H3. The minimum Gasteiger partial charge on any atom is -0.480 e. The zero-order chi connectivity index (χ0) is 26.0. The van der Waals surface area contributed by atoms with Gasteiger partial charge in [-0.25, -0.2) is 13.2 Å². The summed E-state index contributed by atoms with van der Waals surface area (Å²) in [6.07, 6.45) is -8.07. The van der Waals surface area contributed by atoms with Crippen LogP contribution in [0.4, 0.5) is 39.5 Å². The van der Waals surface area contributed by atoms with E-state index in [4.69, 9.17) is 0 Å². The summed E-state index contributed by atoms with van der Waals surface area (Å²) in [6, 6.07) is 8.49. The molecule has 11 heteroatoms. The molecule has 188 valence electrons. The Hall–Kier alpha value is -3.37. The third-order valence-electron chi connectivity index (χ3n) is 4.81. The van der Waals surface area contributed by atoms with E-state index in [-0.39, 0.29) is 17.7 Å². The van der Waals surface area contributed by atoms with E-state index < -0.39 is 59.2 Å². The summed E-state index contributed by atoms with van der Waals surface area (Å²) in [6.45, 7) is 0.245. The predicted octanol–water partition coefficient (Wildman–Crippen LogP) is 7.93. The van der Waals surface area contributed by atoms with Crippen LogP contribution in [0.15, 0.2) is 48.5 Å². The normalized spacial score (nSPS) is 12.1. The third-order valence-corrected chi connectivity index (χ3v) is 4.81. The van der Waals surface area contributed by atoms with Crippen molar-refractivity contribution in [3.05, 3.63) is 82.9 Å². The van der Waals surface area contributed by atoms with Gasteiger partial charge in [-0.3, -0.25) is 0 Å². The summed E-state index contributed by atoms with van der Waals surface area (Å²) in [5, 5.41) is 0. The van der Waals surface area contributed by atoms with Gasteiger partial charge in [-0.1, -0.05) is 37.6 Å². The van der Waals surface area contributed by atoms with Crippen LogP contribution in [0.3, 0.4) is 0 Å². The molecule has 0 fully saturated rings. The summed E-state index contributed by atoms with van der Waals surface area (Å²) in [5.41, 5.74) is -1.08. The number of benzene rings is 3. The Kier molecular flexibility index (Phi) is 7.56. The molecule has 0 spiro atoms. The SMILES string of the molecule is CCCc1ccc(-c2ccc(OCC(F)(F)Oc3cc(F)c(C(F)(F)F)c(F)c3)c(F)c2F)cc1. The van der Waals surface area contributed by atoms with E-state index in [2.05, 4.69) is 9.47 Å². The fourth-order valence-electron chi connectivity index (χ4n) is 3.25. The smallest absolute Gasteiger partial charge is 0.433 e. The number of hydrogen-bond acceptors (Lipinski definition) is 2. The summed E-state index contributed by atoms with van der Waals surface area (Å²) in [7, 11) is 0. The Labute approximate surface area is 193 Å². The van der Waals surface area contributed by atoms with E-state index in [1.165, 1.54) is 0 Å². The lowest BCUT2D eigenvalue weighted by Gasteiger charge is -2.20. The highest BCUT2D eigenvalue weighted by Crippen LogP contribution is 2.37. The Balaban J connectivity index is 1.73. The first kappa shape index (κ1) is 26.2. The fourth-order valence-corrected chi connectivity index (χ4v) is 3.25. The number of halogens is 9. The van der Waals surface area contributed by atoms with Crippen LogP contribution in [0.5, 0.6) is 11.5 Å². The van der Waals surface area contributed by atoms with Gasteiger partial charge in [-0.15, -0.1) is 0 Å². The van der Waals surface area contributed by atoms with Crippen LogP contribution in [0.1, 0.15) is 24.5 Å². The molecule has 0 aliphatic rings. The molecule has 0 atom stereocenters. The van der Waals surface area contributed by atoms with Gasteiger partial charge in [-0.2, -0.15) is 26.3 Å². The molecular weight excluding hydrogens is 491 g/mol. The van der Waals surface area contributed by atoms with Crippen LogP contribution in [-0.2, 0) is 12.6 Å². The van der Waals surface area contributed by atoms with Crippen LogP contribution in [0.2, 0.25) is 0 Å². The van der Waals surface area contributed by atoms with Crippen molar-refractivity contribution in [3.8, 4) is 22.6 Å². The van der Waals surface area contributed by atoms with Crippen molar-refractivity contribution in [1.29, 1.82) is 0 Å². The second-order valence-corrected chi connectivity index (χ2v) is 7.47. The van der Waals surface area contributed by atoms with Gasteiger partial charge in [0, 0.05) is 17.7 Å². The molecule has 0 N–H and O–H groups in total. The maximum atomic E-state index is 14.5. The highest BCUT2D eigenvalue weighted by Gasteiger charge is 2.40. The molecule has 0 heterocycles. The first-order valence-electron chi connectivity index (χ1n) is 10.2. The largest absolute Gasteiger partial charge is 0.480 e. The number of hydrogen-bond donors (Lipinski definition) is 0. The average molecular weight is 508 g/mol. The molecule has 35 heavy (non-hydrogen) atoms. The minimum absolute atomic E-state index is 0.0827. The maximum Gasteiger partial charge on any atom is 0.433 e. The lowest BCUT2D eigenvalue weighted by Crippen LogP contribution is -2.33. The minimum atomic E-state index is -5.40. The van der Waals surface area contributed by atoms with Crippen molar-refractivity contribution in [3.63, 3.8) is 0 Å². The predicted molar refractivity (Wildman–Crippen MR) is 108 cm³/mol. The van der Waals surface area contributed by atoms with Crippen LogP contribution in [-0.4, -0.2) is 12.7 Å². The highest BCUT2D eigenvalue weighted by molar-refractivity contribution is 5.65. The van der Waals surface area contributed by atoms with E-state index in [0.717, 1.165) is 30.5 Å². The van der Waals surface area contributed by atoms with Crippen molar-refractivity contribution in [2.75, 3.05) is 6.61 Å². The topological polar surface area (TPSA) is 18.5 Å². The number of alkyl halides is 5. The second kappa shape index (κ2) is 10.1. The van der Waals surface area contributed by atoms with Crippen molar-refractivity contribution >= 4 is 0 Å². The first-order chi connectivity index (χ1) is 16.3. The molecule has 2 nitrogen and oxygen atoms in total. The Morgan fingerprint density at radius 2 is 1.37 bits per heavy atom. The summed E-state index contributed by atoms with van der Waals surface area (Å²) in [5.74, 6) is -9.44. The Bertz CT molecular complexity index is 1170. The molecule has 0 radical (unpaired) electrons. The maximum absolute atomic E-state index is 14.5. The fraction of sp³-hybridized carbons (Fsp3) is 0.250. The van der Waals surface area contributed by atoms with E-state index in [1.807, 2.05) is 6.92 Å². The quantitative estimate of drug-likeness (QED) is 0.288. The number of aryl methyl sites for hydroxylation is 1. The summed E-state index contributed by atoms with van der Waals surface area (Å²) < 4.78 is 131. The second-order valence-electron chi connectivity index (χ2n) is 7.47. The van der Waals surface area contributed by atoms with E-state index in [1.54, 1.807) is 24.3 Å². The molecule has 0 saturated carbocycles. The molecule has 3 rings (SSSR count). The molecule has 0 unspecified atom stereocenters. The van der Waals surface area contributed by atoms with Crippen LogP contribution >= 0.6 is 0 Å². The zero-order valence-corrected chi connectivity index (χ0v) is 18.0. The lowest BCUT2D eigenvalue weighted by molar-refractivity contribution is -0.196. The molecular formula is C24H17F9O2. The monoisotopic (exact) mass is 508 g/mol. The van der Waals surface area contributed by atoms with Crippen LogP contribution in [0.25, 0.3) is 11.1 Å². The van der Waals surface area contributed by atoms with Gasteiger partial charge in [-0.05, 0) is 29.7 Å². The molecule has 0 amide bonds. The zero-order valence-electron chi connectivity index (χ0n) is 18.0. The van der Waals surface area contributed by atoms with Gasteiger partial charge in [0.25, 0.3) is 0 Å². The number of rotatable bonds is 8. The third kappa shape index (κ3) is 6.20. The van der Waals surface area contributed by atoms with Crippen molar-refractivity contribution in [1.82, 2.24) is 0 Å². The van der Waals surface area contributed by atoms with Gasteiger partial charge in [0.15, 0.2) is 18.2 Å². The van der Waals surface area contributed by atoms with Gasteiger partial charge >= 0.3 is 12.3 Å². The molecule has 0 bridgehead atoms. The van der Waals surface area contributed by atoms with E-state index in [9.17, 15) is 39.5 Å². The van der Waals surface area contributed by atoms with Gasteiger partial charge < -0.3 is 9.47 Å². The van der Waals surface area contributed by atoms with Crippen LogP contribution < -0.4 is 9.47 Å². The van der Waals surface area contributed by atoms with Gasteiger partial charge in [0.2, 0.25) is 5.82 Å². The van der Waals surface area contributed by atoms with Gasteiger partial charge in [0.1, 0.15) is 22.9 Å². The van der Waals surface area contributed by atoms with Crippen molar-refractivity contribution < 1.29 is 49.0 Å². The lowest BCUT2D eigenvalue weighted by atomic mass is 10.0. The molecule has 3 aromatic carbocycles. The summed E-state index contributed by atoms with van der Waals surface area (Å²) >= 11 is 0. The Morgan fingerprint density at radius 1 is 0.771 bits per heavy atom. The van der Waals surface area contributed by atoms with E-state index in [0.29, 0.717) is 5.56 Å². The molecule has 0 aliphatic heterocycles. The molecule has 0 saturated heterocycles. The molecule has 0 aromatic heterocycles. The van der Waals surface area contributed by atoms with Crippen molar-refractivity contribution in [2.24, 2.45) is 0 Å².